The highest BCUT2D eigenvalue weighted by molar-refractivity contribution is 7.53. The van der Waals surface area contributed by atoms with Gasteiger partial charge in [0.05, 0.1) is 24.6 Å². The lowest BCUT2D eigenvalue weighted by Gasteiger charge is -2.27. The first-order valence-electron chi connectivity index (χ1n) is 9.12. The number of rotatable bonds is 4. The SMILES string of the molecule is C[P@]1(=O)OC[C@@H](c2ccc(C(=O)Nc3cc(-c4cccs4)ccc3N)cc2)CO1. The zero-order valence-corrected chi connectivity index (χ0v) is 17.5. The highest BCUT2D eigenvalue weighted by atomic mass is 32.1. The second-order valence-electron chi connectivity index (χ2n) is 6.92. The van der Waals surface area contributed by atoms with Crippen LogP contribution in [0.3, 0.4) is 0 Å². The summed E-state index contributed by atoms with van der Waals surface area (Å²) in [6.07, 6.45) is 0. The maximum absolute atomic E-state index is 12.7. The van der Waals surface area contributed by atoms with E-state index >= 15 is 0 Å². The number of carbonyl (C=O) groups is 1. The van der Waals surface area contributed by atoms with Gasteiger partial charge in [-0.1, -0.05) is 24.3 Å². The topological polar surface area (TPSA) is 90.7 Å². The van der Waals surface area contributed by atoms with Crippen LogP contribution in [0.2, 0.25) is 0 Å². The van der Waals surface area contributed by atoms with Gasteiger partial charge in [-0.2, -0.15) is 0 Å². The van der Waals surface area contributed by atoms with Crippen molar-refractivity contribution in [2.45, 2.75) is 5.92 Å². The quantitative estimate of drug-likeness (QED) is 0.440. The van der Waals surface area contributed by atoms with Crippen molar-refractivity contribution in [2.75, 3.05) is 30.9 Å². The fourth-order valence-corrected chi connectivity index (χ4v) is 4.79. The lowest BCUT2D eigenvalue weighted by atomic mass is 9.99. The molecule has 8 heteroatoms. The molecule has 3 N–H and O–H groups in total. The molecule has 2 heterocycles. The van der Waals surface area contributed by atoms with Gasteiger partial charge in [0.25, 0.3) is 5.91 Å². The third-order valence-corrected chi connectivity index (χ3v) is 6.93. The van der Waals surface area contributed by atoms with Crippen LogP contribution in [0.25, 0.3) is 10.4 Å². The third kappa shape index (κ3) is 4.60. The molecule has 0 unspecified atom stereocenters. The van der Waals surface area contributed by atoms with Gasteiger partial charge in [-0.05, 0) is 46.8 Å². The van der Waals surface area contributed by atoms with Gasteiger partial charge < -0.3 is 20.1 Å². The van der Waals surface area contributed by atoms with Crippen molar-refractivity contribution in [1.82, 2.24) is 0 Å². The van der Waals surface area contributed by atoms with Gasteiger partial charge in [0.15, 0.2) is 0 Å². The van der Waals surface area contributed by atoms with Crippen molar-refractivity contribution >= 4 is 36.2 Å². The van der Waals surface area contributed by atoms with E-state index in [1.54, 1.807) is 29.5 Å². The van der Waals surface area contributed by atoms with Crippen LogP contribution in [0, 0.1) is 0 Å². The zero-order chi connectivity index (χ0) is 20.4. The van der Waals surface area contributed by atoms with Gasteiger partial charge in [0.2, 0.25) is 0 Å². The minimum Gasteiger partial charge on any atom is -0.397 e. The maximum Gasteiger partial charge on any atom is 0.327 e. The van der Waals surface area contributed by atoms with Crippen molar-refractivity contribution in [3.63, 3.8) is 0 Å². The molecule has 1 amide bonds. The Labute approximate surface area is 173 Å². The zero-order valence-electron chi connectivity index (χ0n) is 15.8. The highest BCUT2D eigenvalue weighted by Gasteiger charge is 2.28. The molecule has 1 saturated heterocycles. The molecule has 3 aromatic rings. The molecule has 0 radical (unpaired) electrons. The summed E-state index contributed by atoms with van der Waals surface area (Å²) in [5.74, 6) is -0.243. The Morgan fingerprint density at radius 2 is 1.86 bits per heavy atom. The van der Waals surface area contributed by atoms with Crippen LogP contribution in [0.1, 0.15) is 21.8 Å². The predicted molar refractivity (Wildman–Crippen MR) is 117 cm³/mol. The molecule has 0 atom stereocenters. The largest absolute Gasteiger partial charge is 0.397 e. The van der Waals surface area contributed by atoms with Gasteiger partial charge in [0.1, 0.15) is 0 Å². The van der Waals surface area contributed by atoms with Crippen molar-refractivity contribution in [3.8, 4) is 10.4 Å². The first-order chi connectivity index (χ1) is 13.9. The molecule has 4 rings (SSSR count). The maximum atomic E-state index is 12.7. The molecular formula is C21H21N2O4PS. The summed E-state index contributed by atoms with van der Waals surface area (Å²) in [4.78, 5) is 13.8. The number of nitrogen functional groups attached to an aromatic ring is 1. The summed E-state index contributed by atoms with van der Waals surface area (Å²) in [5.41, 5.74) is 9.64. The first kappa shape index (κ1) is 19.9. The number of benzene rings is 2. The molecule has 0 saturated carbocycles. The number of hydrogen-bond donors (Lipinski definition) is 2. The van der Waals surface area contributed by atoms with Crippen LogP contribution >= 0.6 is 18.9 Å². The van der Waals surface area contributed by atoms with Crippen LogP contribution in [-0.4, -0.2) is 25.8 Å². The fraction of sp³-hybridized carbons (Fsp3) is 0.190. The van der Waals surface area contributed by atoms with Crippen LogP contribution in [0.5, 0.6) is 0 Å². The van der Waals surface area contributed by atoms with Gasteiger partial charge >= 0.3 is 7.60 Å². The molecule has 2 aromatic carbocycles. The van der Waals surface area contributed by atoms with E-state index < -0.39 is 7.60 Å². The molecule has 1 fully saturated rings. The molecular weight excluding hydrogens is 407 g/mol. The number of nitrogens with two attached hydrogens (primary N) is 1. The van der Waals surface area contributed by atoms with Crippen molar-refractivity contribution < 1.29 is 18.4 Å². The Hall–Kier alpha value is -2.44. The molecule has 6 nitrogen and oxygen atoms in total. The van der Waals surface area contributed by atoms with Gasteiger partial charge in [-0.25, -0.2) is 0 Å². The second-order valence-corrected chi connectivity index (χ2v) is 9.92. The summed E-state index contributed by atoms with van der Waals surface area (Å²) in [7, 11) is -2.91. The number of anilines is 2. The van der Waals surface area contributed by atoms with E-state index in [4.69, 9.17) is 14.8 Å². The summed E-state index contributed by atoms with van der Waals surface area (Å²) in [6, 6.07) is 16.9. The Balaban J connectivity index is 1.47. The Kier molecular flexibility index (Phi) is 5.56. The first-order valence-corrected chi connectivity index (χ1v) is 12.0. The summed E-state index contributed by atoms with van der Waals surface area (Å²) < 4.78 is 22.3. The molecule has 1 aliphatic rings. The Bertz CT molecular complexity index is 1050. The van der Waals surface area contributed by atoms with E-state index in [2.05, 4.69) is 5.32 Å². The van der Waals surface area contributed by atoms with Crippen LogP contribution in [0.15, 0.2) is 60.0 Å². The van der Waals surface area contributed by atoms with E-state index in [1.807, 2.05) is 41.8 Å². The summed E-state index contributed by atoms with van der Waals surface area (Å²) in [5, 5.41) is 4.90. The van der Waals surface area contributed by atoms with E-state index in [1.165, 1.54) is 6.66 Å². The van der Waals surface area contributed by atoms with Gasteiger partial charge in [-0.3, -0.25) is 9.36 Å². The standard InChI is InChI=1S/C21H21N2O4PS/c1-28(25)26-12-17(13-27-28)14-4-6-15(7-5-14)21(24)23-19-11-16(8-9-18(19)22)20-3-2-10-29-20/h2-11,17H,12-13,22H2,1H3,(H,23,24)/t17-,28+. The normalized spacial score (nSPS) is 21.6. The molecule has 150 valence electrons. The average molecular weight is 428 g/mol. The molecule has 1 aromatic heterocycles. The van der Waals surface area contributed by atoms with E-state index in [0.717, 1.165) is 16.0 Å². The van der Waals surface area contributed by atoms with E-state index in [9.17, 15) is 9.36 Å². The molecule has 0 aliphatic carbocycles. The fourth-order valence-electron chi connectivity index (χ4n) is 3.09. The monoisotopic (exact) mass is 428 g/mol. The lowest BCUT2D eigenvalue weighted by Crippen LogP contribution is -2.19. The lowest BCUT2D eigenvalue weighted by molar-refractivity contribution is 0.102. The number of nitrogens with one attached hydrogen (secondary N) is 1. The molecule has 0 spiro atoms. The van der Waals surface area contributed by atoms with E-state index in [-0.39, 0.29) is 11.8 Å². The van der Waals surface area contributed by atoms with Crippen LogP contribution in [0.4, 0.5) is 11.4 Å². The van der Waals surface area contributed by atoms with Crippen molar-refractivity contribution in [2.24, 2.45) is 0 Å². The van der Waals surface area contributed by atoms with Crippen LogP contribution in [-0.2, 0) is 13.6 Å². The predicted octanol–water partition coefficient (Wildman–Crippen LogP) is 5.20. The van der Waals surface area contributed by atoms with Crippen molar-refractivity contribution in [1.29, 1.82) is 0 Å². The minimum atomic E-state index is -2.91. The number of hydrogen-bond acceptors (Lipinski definition) is 6. The van der Waals surface area contributed by atoms with Gasteiger partial charge in [0, 0.05) is 23.0 Å². The van der Waals surface area contributed by atoms with Crippen molar-refractivity contribution in [3.05, 3.63) is 71.1 Å². The van der Waals surface area contributed by atoms with E-state index in [0.29, 0.717) is 30.2 Å². The summed E-state index contributed by atoms with van der Waals surface area (Å²) >= 11 is 1.63. The minimum absolute atomic E-state index is 0.00717. The molecule has 29 heavy (non-hydrogen) atoms. The second kappa shape index (κ2) is 8.13. The number of amides is 1. The summed E-state index contributed by atoms with van der Waals surface area (Å²) in [6.45, 7) is 2.15. The average Bonchev–Trinajstić information content (AvgIpc) is 3.25. The molecule has 1 aliphatic heterocycles. The number of carbonyl (C=O) groups excluding carboxylic acids is 1. The Morgan fingerprint density at radius 1 is 1.14 bits per heavy atom. The molecule has 0 bridgehead atoms. The third-order valence-electron chi connectivity index (χ3n) is 4.77. The Morgan fingerprint density at radius 3 is 2.52 bits per heavy atom. The highest BCUT2D eigenvalue weighted by Crippen LogP contribution is 2.49. The number of thiophene rings is 1. The smallest absolute Gasteiger partial charge is 0.327 e. The van der Waals surface area contributed by atoms with Crippen LogP contribution < -0.4 is 11.1 Å². The van der Waals surface area contributed by atoms with Gasteiger partial charge in [-0.15, -0.1) is 11.3 Å².